The van der Waals surface area contributed by atoms with E-state index in [0.717, 1.165) is 0 Å². The third-order valence-corrected chi connectivity index (χ3v) is 2.64. The van der Waals surface area contributed by atoms with Crippen LogP contribution in [0.2, 0.25) is 0 Å². The lowest BCUT2D eigenvalue weighted by Crippen LogP contribution is -2.27. The van der Waals surface area contributed by atoms with E-state index in [1.807, 2.05) is 6.07 Å². The van der Waals surface area contributed by atoms with Gasteiger partial charge in [-0.05, 0) is 5.56 Å². The van der Waals surface area contributed by atoms with E-state index in [1.165, 1.54) is 17.1 Å². The molecule has 2 rings (SSSR count). The van der Waals surface area contributed by atoms with Gasteiger partial charge in [-0.1, -0.05) is 30.3 Å². The van der Waals surface area contributed by atoms with Gasteiger partial charge < -0.3 is 16.2 Å². The molecule has 1 unspecified atom stereocenters. The minimum Gasteiger partial charge on any atom is -0.480 e. The highest BCUT2D eigenvalue weighted by molar-refractivity contribution is 5.95. The fourth-order valence-corrected chi connectivity index (χ4v) is 1.68. The second kappa shape index (κ2) is 5.98. The summed E-state index contributed by atoms with van der Waals surface area (Å²) in [4.78, 5) is 22.5. The molecule has 0 aliphatic carbocycles. The zero-order valence-electron chi connectivity index (χ0n) is 10.6. The summed E-state index contributed by atoms with van der Waals surface area (Å²) in [6, 6.07) is 8.17. The molecule has 0 fully saturated rings. The first kappa shape index (κ1) is 13.8. The molecule has 0 aliphatic heterocycles. The SMILES string of the molecule is NC(C(=O)Nc1cnn(CC(=O)O)c1)c1ccccc1. The minimum atomic E-state index is -1.01. The zero-order valence-corrected chi connectivity index (χ0v) is 10.6. The van der Waals surface area contributed by atoms with Crippen molar-refractivity contribution in [2.24, 2.45) is 5.73 Å². The number of nitrogens with zero attached hydrogens (tertiary/aromatic N) is 2. The average Bonchev–Trinajstić information content (AvgIpc) is 2.85. The lowest BCUT2D eigenvalue weighted by Gasteiger charge is -2.11. The molecule has 1 aromatic heterocycles. The summed E-state index contributed by atoms with van der Waals surface area (Å²) in [7, 11) is 0. The normalized spacial score (nSPS) is 11.8. The molecular weight excluding hydrogens is 260 g/mol. The fourth-order valence-electron chi connectivity index (χ4n) is 1.68. The van der Waals surface area contributed by atoms with Gasteiger partial charge in [-0.15, -0.1) is 0 Å². The van der Waals surface area contributed by atoms with Gasteiger partial charge in [0, 0.05) is 6.20 Å². The third kappa shape index (κ3) is 3.42. The van der Waals surface area contributed by atoms with Gasteiger partial charge in [0.25, 0.3) is 0 Å². The first-order chi connectivity index (χ1) is 9.56. The van der Waals surface area contributed by atoms with Crippen molar-refractivity contribution in [3.63, 3.8) is 0 Å². The maximum Gasteiger partial charge on any atom is 0.325 e. The number of benzene rings is 1. The Labute approximate surface area is 115 Å². The van der Waals surface area contributed by atoms with Crippen molar-refractivity contribution >= 4 is 17.6 Å². The number of anilines is 1. The van der Waals surface area contributed by atoms with Crippen LogP contribution in [0.15, 0.2) is 42.7 Å². The van der Waals surface area contributed by atoms with Crippen molar-refractivity contribution in [3.05, 3.63) is 48.3 Å². The number of nitrogens with two attached hydrogens (primary N) is 1. The zero-order chi connectivity index (χ0) is 14.5. The monoisotopic (exact) mass is 274 g/mol. The number of aromatic nitrogens is 2. The fraction of sp³-hybridized carbons (Fsp3) is 0.154. The summed E-state index contributed by atoms with van der Waals surface area (Å²) < 4.78 is 1.21. The molecule has 1 amide bonds. The van der Waals surface area contributed by atoms with Crippen LogP contribution in [0, 0.1) is 0 Å². The highest BCUT2D eigenvalue weighted by Gasteiger charge is 2.16. The number of rotatable bonds is 5. The molecule has 7 heteroatoms. The summed E-state index contributed by atoms with van der Waals surface area (Å²) in [6.07, 6.45) is 2.81. The largest absolute Gasteiger partial charge is 0.480 e. The lowest BCUT2D eigenvalue weighted by molar-refractivity contribution is -0.137. The molecule has 0 bridgehead atoms. The molecule has 1 atom stereocenters. The van der Waals surface area contributed by atoms with Gasteiger partial charge >= 0.3 is 5.97 Å². The van der Waals surface area contributed by atoms with Crippen LogP contribution in [0.4, 0.5) is 5.69 Å². The summed E-state index contributed by atoms with van der Waals surface area (Å²) in [5.41, 5.74) is 6.94. The van der Waals surface area contributed by atoms with Crippen molar-refractivity contribution in [3.8, 4) is 0 Å². The molecule has 0 spiro atoms. The van der Waals surface area contributed by atoms with Gasteiger partial charge in [-0.2, -0.15) is 5.10 Å². The van der Waals surface area contributed by atoms with E-state index in [4.69, 9.17) is 10.8 Å². The predicted octanol–water partition coefficient (Wildman–Crippen LogP) is 0.606. The Morgan fingerprint density at radius 3 is 2.70 bits per heavy atom. The van der Waals surface area contributed by atoms with E-state index in [-0.39, 0.29) is 12.5 Å². The standard InChI is InChI=1S/C13H14N4O3/c14-12(9-4-2-1-3-5-9)13(20)16-10-6-15-17(7-10)8-11(18)19/h1-7,12H,8,14H2,(H,16,20)(H,18,19). The van der Waals surface area contributed by atoms with E-state index in [1.54, 1.807) is 24.3 Å². The molecule has 20 heavy (non-hydrogen) atoms. The van der Waals surface area contributed by atoms with E-state index in [0.29, 0.717) is 11.3 Å². The molecule has 1 heterocycles. The van der Waals surface area contributed by atoms with Crippen LogP contribution in [-0.4, -0.2) is 26.8 Å². The number of carbonyl (C=O) groups is 2. The molecule has 0 aliphatic rings. The highest BCUT2D eigenvalue weighted by atomic mass is 16.4. The quantitative estimate of drug-likeness (QED) is 0.739. The number of hydrogen-bond donors (Lipinski definition) is 3. The van der Waals surface area contributed by atoms with E-state index in [9.17, 15) is 9.59 Å². The highest BCUT2D eigenvalue weighted by Crippen LogP contribution is 2.13. The molecule has 0 radical (unpaired) electrons. The number of hydrogen-bond acceptors (Lipinski definition) is 4. The van der Waals surface area contributed by atoms with Gasteiger partial charge in [-0.3, -0.25) is 14.3 Å². The predicted molar refractivity (Wildman–Crippen MR) is 71.9 cm³/mol. The smallest absolute Gasteiger partial charge is 0.325 e. The number of nitrogens with one attached hydrogen (secondary N) is 1. The second-order valence-corrected chi connectivity index (χ2v) is 4.20. The molecule has 2 aromatic rings. The van der Waals surface area contributed by atoms with Crippen molar-refractivity contribution in [1.29, 1.82) is 0 Å². The van der Waals surface area contributed by atoms with Gasteiger partial charge in [0.15, 0.2) is 0 Å². The Bertz CT molecular complexity index is 609. The maximum absolute atomic E-state index is 12.0. The first-order valence-electron chi connectivity index (χ1n) is 5.92. The van der Waals surface area contributed by atoms with Gasteiger partial charge in [0.05, 0.1) is 11.9 Å². The number of carboxylic acid groups (broad SMARTS) is 1. The van der Waals surface area contributed by atoms with Crippen LogP contribution in [0.1, 0.15) is 11.6 Å². The van der Waals surface area contributed by atoms with Crippen LogP contribution in [0.3, 0.4) is 0 Å². The molecule has 104 valence electrons. The maximum atomic E-state index is 12.0. The van der Waals surface area contributed by atoms with Crippen molar-refractivity contribution in [1.82, 2.24) is 9.78 Å². The van der Waals surface area contributed by atoms with Crippen LogP contribution < -0.4 is 11.1 Å². The number of carbonyl (C=O) groups excluding carboxylic acids is 1. The number of amides is 1. The third-order valence-electron chi connectivity index (χ3n) is 2.64. The summed E-state index contributed by atoms with van der Waals surface area (Å²) >= 11 is 0. The van der Waals surface area contributed by atoms with Crippen molar-refractivity contribution in [2.45, 2.75) is 12.6 Å². The molecule has 7 nitrogen and oxygen atoms in total. The first-order valence-corrected chi connectivity index (χ1v) is 5.92. The van der Waals surface area contributed by atoms with Gasteiger partial charge in [0.1, 0.15) is 12.6 Å². The lowest BCUT2D eigenvalue weighted by atomic mass is 10.1. The summed E-state index contributed by atoms with van der Waals surface area (Å²) in [5, 5.41) is 15.0. The Morgan fingerprint density at radius 2 is 2.05 bits per heavy atom. The Morgan fingerprint density at radius 1 is 1.35 bits per heavy atom. The van der Waals surface area contributed by atoms with E-state index >= 15 is 0 Å². The van der Waals surface area contributed by atoms with Crippen LogP contribution >= 0.6 is 0 Å². The minimum absolute atomic E-state index is 0.263. The van der Waals surface area contributed by atoms with E-state index in [2.05, 4.69) is 10.4 Å². The molecular formula is C13H14N4O3. The van der Waals surface area contributed by atoms with Crippen molar-refractivity contribution in [2.75, 3.05) is 5.32 Å². The van der Waals surface area contributed by atoms with Crippen molar-refractivity contribution < 1.29 is 14.7 Å². The molecule has 0 saturated heterocycles. The topological polar surface area (TPSA) is 110 Å². The van der Waals surface area contributed by atoms with Crippen LogP contribution in [-0.2, 0) is 16.1 Å². The van der Waals surface area contributed by atoms with Gasteiger partial charge in [-0.25, -0.2) is 0 Å². The van der Waals surface area contributed by atoms with Crippen LogP contribution in [0.5, 0.6) is 0 Å². The van der Waals surface area contributed by atoms with Crippen LogP contribution in [0.25, 0.3) is 0 Å². The Hall–Kier alpha value is -2.67. The molecule has 1 aromatic carbocycles. The summed E-state index contributed by atoms with van der Waals surface area (Å²) in [5.74, 6) is -1.39. The average molecular weight is 274 g/mol. The molecule has 4 N–H and O–H groups in total. The number of aliphatic carboxylic acids is 1. The summed E-state index contributed by atoms with van der Waals surface area (Å²) in [6.45, 7) is -0.263. The molecule has 0 saturated carbocycles. The Balaban J connectivity index is 2.01. The van der Waals surface area contributed by atoms with E-state index < -0.39 is 12.0 Å². The number of carboxylic acids is 1. The van der Waals surface area contributed by atoms with Gasteiger partial charge in [0.2, 0.25) is 5.91 Å². The second-order valence-electron chi connectivity index (χ2n) is 4.20. The Kier molecular flexibility index (Phi) is 4.11.